The van der Waals surface area contributed by atoms with Crippen LogP contribution in [0.5, 0.6) is 0 Å². The van der Waals surface area contributed by atoms with Gasteiger partial charge in [-0.05, 0) is 18.1 Å². The molecule has 0 radical (unpaired) electrons. The zero-order valence-corrected chi connectivity index (χ0v) is 13.4. The number of ether oxygens (including phenoxy) is 1. The number of hydrogen-bond donors (Lipinski definition) is 0. The third kappa shape index (κ3) is 3.10. The van der Waals surface area contributed by atoms with Gasteiger partial charge in [0.05, 0.1) is 13.2 Å². The first-order valence-electron chi connectivity index (χ1n) is 7.80. The lowest BCUT2D eigenvalue weighted by molar-refractivity contribution is 0.0297. The number of morpholine rings is 1. The van der Waals surface area contributed by atoms with Gasteiger partial charge in [0.25, 0.3) is 11.5 Å². The molecule has 7 nitrogen and oxygen atoms in total. The normalized spacial score (nSPS) is 15.3. The van der Waals surface area contributed by atoms with Crippen LogP contribution in [0.3, 0.4) is 0 Å². The molecule has 0 aliphatic carbocycles. The second kappa shape index (κ2) is 6.45. The maximum atomic E-state index is 12.8. The molecular formula is C16H20N4O3. The van der Waals surface area contributed by atoms with Gasteiger partial charge in [-0.25, -0.2) is 9.97 Å². The van der Waals surface area contributed by atoms with E-state index < -0.39 is 0 Å². The highest BCUT2D eigenvalue weighted by molar-refractivity contribution is 5.93. The Labute approximate surface area is 133 Å². The predicted molar refractivity (Wildman–Crippen MR) is 85.4 cm³/mol. The van der Waals surface area contributed by atoms with Crippen molar-refractivity contribution >= 4 is 17.1 Å². The molecule has 122 valence electrons. The summed E-state index contributed by atoms with van der Waals surface area (Å²) < 4.78 is 6.81. The molecule has 0 unspecified atom stereocenters. The number of amides is 1. The number of hydrogen-bond acceptors (Lipinski definition) is 5. The van der Waals surface area contributed by atoms with Crippen molar-refractivity contribution in [2.45, 2.75) is 20.4 Å². The first-order chi connectivity index (χ1) is 11.1. The molecule has 0 aromatic carbocycles. The molecule has 0 atom stereocenters. The van der Waals surface area contributed by atoms with E-state index in [-0.39, 0.29) is 23.1 Å². The van der Waals surface area contributed by atoms with E-state index in [1.54, 1.807) is 27.8 Å². The van der Waals surface area contributed by atoms with Gasteiger partial charge in [-0.15, -0.1) is 0 Å². The molecule has 0 spiro atoms. The summed E-state index contributed by atoms with van der Waals surface area (Å²) in [6.07, 6.45) is 1.63. The molecule has 0 N–H and O–H groups in total. The maximum Gasteiger partial charge on any atom is 0.283 e. The third-order valence-electron chi connectivity index (χ3n) is 3.75. The fourth-order valence-corrected chi connectivity index (χ4v) is 2.67. The van der Waals surface area contributed by atoms with Crippen LogP contribution in [0.4, 0.5) is 0 Å². The van der Waals surface area contributed by atoms with Gasteiger partial charge in [-0.2, -0.15) is 0 Å². The summed E-state index contributed by atoms with van der Waals surface area (Å²) in [6.45, 7) is 6.47. The van der Waals surface area contributed by atoms with Crippen molar-refractivity contribution in [1.29, 1.82) is 0 Å². The monoisotopic (exact) mass is 316 g/mol. The van der Waals surface area contributed by atoms with Crippen molar-refractivity contribution in [3.8, 4) is 0 Å². The molecule has 23 heavy (non-hydrogen) atoms. The van der Waals surface area contributed by atoms with Gasteiger partial charge < -0.3 is 9.64 Å². The minimum Gasteiger partial charge on any atom is -0.378 e. The van der Waals surface area contributed by atoms with Crippen LogP contribution < -0.4 is 5.56 Å². The molecule has 3 heterocycles. The van der Waals surface area contributed by atoms with Crippen molar-refractivity contribution in [3.05, 3.63) is 34.4 Å². The van der Waals surface area contributed by atoms with Crippen molar-refractivity contribution in [2.75, 3.05) is 26.3 Å². The first kappa shape index (κ1) is 15.6. The SMILES string of the molecule is CC(C)Cn1c(=O)c(C(=O)N2CCOCC2)nc2cccnc21. The summed E-state index contributed by atoms with van der Waals surface area (Å²) in [7, 11) is 0. The summed E-state index contributed by atoms with van der Waals surface area (Å²) in [5.41, 5.74) is 0.670. The van der Waals surface area contributed by atoms with Gasteiger partial charge in [-0.3, -0.25) is 14.2 Å². The Morgan fingerprint density at radius 3 is 2.78 bits per heavy atom. The Kier molecular flexibility index (Phi) is 4.38. The van der Waals surface area contributed by atoms with Crippen LogP contribution in [0, 0.1) is 5.92 Å². The van der Waals surface area contributed by atoms with E-state index in [1.165, 1.54) is 0 Å². The van der Waals surface area contributed by atoms with E-state index in [9.17, 15) is 9.59 Å². The molecule has 1 saturated heterocycles. The average Bonchev–Trinajstić information content (AvgIpc) is 2.57. The van der Waals surface area contributed by atoms with E-state index >= 15 is 0 Å². The number of pyridine rings is 1. The smallest absolute Gasteiger partial charge is 0.283 e. The van der Waals surface area contributed by atoms with Crippen LogP contribution in [0.1, 0.15) is 24.3 Å². The van der Waals surface area contributed by atoms with E-state index in [0.717, 1.165) is 0 Å². The largest absolute Gasteiger partial charge is 0.378 e. The lowest BCUT2D eigenvalue weighted by atomic mass is 10.2. The Hall–Kier alpha value is -2.28. The number of nitrogens with zero attached hydrogens (tertiary/aromatic N) is 4. The highest BCUT2D eigenvalue weighted by Gasteiger charge is 2.24. The minimum atomic E-state index is -0.374. The van der Waals surface area contributed by atoms with E-state index in [4.69, 9.17) is 4.74 Å². The van der Waals surface area contributed by atoms with Crippen molar-refractivity contribution in [3.63, 3.8) is 0 Å². The Balaban J connectivity index is 2.11. The third-order valence-corrected chi connectivity index (χ3v) is 3.75. The average molecular weight is 316 g/mol. The molecular weight excluding hydrogens is 296 g/mol. The maximum absolute atomic E-state index is 12.8. The van der Waals surface area contributed by atoms with Gasteiger partial charge >= 0.3 is 0 Å². The predicted octanol–water partition coefficient (Wildman–Crippen LogP) is 0.920. The Morgan fingerprint density at radius 2 is 2.09 bits per heavy atom. The summed E-state index contributed by atoms with van der Waals surface area (Å²) >= 11 is 0. The van der Waals surface area contributed by atoms with Gasteiger partial charge in [-0.1, -0.05) is 13.8 Å². The van der Waals surface area contributed by atoms with Crippen molar-refractivity contribution in [2.24, 2.45) is 5.92 Å². The topological polar surface area (TPSA) is 77.3 Å². The molecule has 2 aromatic heterocycles. The zero-order valence-electron chi connectivity index (χ0n) is 13.4. The number of rotatable bonds is 3. The summed E-state index contributed by atoms with van der Waals surface area (Å²) in [5, 5.41) is 0. The van der Waals surface area contributed by atoms with Crippen LogP contribution in [-0.2, 0) is 11.3 Å². The molecule has 1 aliphatic rings. The molecule has 3 rings (SSSR count). The summed E-state index contributed by atoms with van der Waals surface area (Å²) in [5.74, 6) is -0.0757. The number of carbonyl (C=O) groups excluding carboxylic acids is 1. The molecule has 0 bridgehead atoms. The highest BCUT2D eigenvalue weighted by Crippen LogP contribution is 2.11. The van der Waals surface area contributed by atoms with Crippen LogP contribution in [0.2, 0.25) is 0 Å². The molecule has 1 aliphatic heterocycles. The summed E-state index contributed by atoms with van der Waals surface area (Å²) in [4.78, 5) is 35.6. The first-order valence-corrected chi connectivity index (χ1v) is 7.80. The van der Waals surface area contributed by atoms with Gasteiger partial charge in [0, 0.05) is 25.8 Å². The molecule has 2 aromatic rings. The summed E-state index contributed by atoms with van der Waals surface area (Å²) in [6, 6.07) is 3.53. The number of aromatic nitrogens is 3. The molecule has 1 amide bonds. The second-order valence-corrected chi connectivity index (χ2v) is 6.02. The van der Waals surface area contributed by atoms with E-state index in [2.05, 4.69) is 9.97 Å². The van der Waals surface area contributed by atoms with E-state index in [0.29, 0.717) is 44.0 Å². The Morgan fingerprint density at radius 1 is 1.35 bits per heavy atom. The number of carbonyl (C=O) groups is 1. The second-order valence-electron chi connectivity index (χ2n) is 6.02. The zero-order chi connectivity index (χ0) is 16.4. The van der Waals surface area contributed by atoms with Gasteiger partial charge in [0.2, 0.25) is 0 Å². The fourth-order valence-electron chi connectivity index (χ4n) is 2.67. The highest BCUT2D eigenvalue weighted by atomic mass is 16.5. The van der Waals surface area contributed by atoms with Crippen LogP contribution in [0.25, 0.3) is 11.2 Å². The van der Waals surface area contributed by atoms with Gasteiger partial charge in [0.15, 0.2) is 11.3 Å². The van der Waals surface area contributed by atoms with Crippen molar-refractivity contribution < 1.29 is 9.53 Å². The standard InChI is InChI=1S/C16H20N4O3/c1-11(2)10-20-14-12(4-3-5-17-14)18-13(16(20)22)15(21)19-6-8-23-9-7-19/h3-5,11H,6-10H2,1-2H3. The van der Waals surface area contributed by atoms with Crippen LogP contribution >= 0.6 is 0 Å². The van der Waals surface area contributed by atoms with Crippen molar-refractivity contribution in [1.82, 2.24) is 19.4 Å². The fraction of sp³-hybridized carbons (Fsp3) is 0.500. The molecule has 0 saturated carbocycles. The molecule has 1 fully saturated rings. The quantitative estimate of drug-likeness (QED) is 0.841. The van der Waals surface area contributed by atoms with E-state index in [1.807, 2.05) is 13.8 Å². The Bertz CT molecular complexity index is 778. The minimum absolute atomic E-state index is 0.0342. The number of fused-ring (bicyclic) bond motifs is 1. The van der Waals surface area contributed by atoms with Crippen LogP contribution in [0.15, 0.2) is 23.1 Å². The lowest BCUT2D eigenvalue weighted by Gasteiger charge is -2.26. The van der Waals surface area contributed by atoms with Crippen LogP contribution in [-0.4, -0.2) is 51.6 Å². The lowest BCUT2D eigenvalue weighted by Crippen LogP contribution is -2.44. The molecule has 7 heteroatoms. The van der Waals surface area contributed by atoms with Gasteiger partial charge in [0.1, 0.15) is 5.52 Å².